The van der Waals surface area contributed by atoms with E-state index < -0.39 is 6.10 Å². The summed E-state index contributed by atoms with van der Waals surface area (Å²) in [6.45, 7) is 2.66. The van der Waals surface area contributed by atoms with Gasteiger partial charge in [-0.15, -0.1) is 0 Å². The summed E-state index contributed by atoms with van der Waals surface area (Å²) in [4.78, 5) is 27.1. The second kappa shape index (κ2) is 12.2. The fraction of sp³-hybridized carbons (Fsp3) is 0.286. The van der Waals surface area contributed by atoms with E-state index in [1.807, 2.05) is 18.2 Å². The molecule has 1 N–H and O–H groups in total. The number of anilines is 2. The highest BCUT2D eigenvalue weighted by Gasteiger charge is 2.31. The third kappa shape index (κ3) is 6.71. The van der Waals surface area contributed by atoms with Crippen LogP contribution in [0.4, 0.5) is 11.4 Å². The fourth-order valence-corrected chi connectivity index (χ4v) is 4.50. The van der Waals surface area contributed by atoms with E-state index in [0.29, 0.717) is 52.5 Å². The molecule has 0 spiro atoms. The van der Waals surface area contributed by atoms with Crippen LogP contribution in [0.3, 0.4) is 0 Å². The first-order chi connectivity index (χ1) is 17.4. The lowest BCUT2D eigenvalue weighted by Crippen LogP contribution is -2.45. The van der Waals surface area contributed by atoms with Gasteiger partial charge in [0.25, 0.3) is 5.91 Å². The van der Waals surface area contributed by atoms with Crippen molar-refractivity contribution in [1.29, 1.82) is 0 Å². The van der Waals surface area contributed by atoms with E-state index in [4.69, 9.17) is 32.7 Å². The van der Waals surface area contributed by atoms with Gasteiger partial charge in [0.1, 0.15) is 11.5 Å². The lowest BCUT2D eigenvalue weighted by atomic mass is 10.1. The highest BCUT2D eigenvalue weighted by Crippen LogP contribution is 2.36. The Morgan fingerprint density at radius 1 is 1.06 bits per heavy atom. The van der Waals surface area contributed by atoms with Crippen molar-refractivity contribution < 1.29 is 19.1 Å². The van der Waals surface area contributed by atoms with Crippen molar-refractivity contribution in [2.45, 2.75) is 38.7 Å². The van der Waals surface area contributed by atoms with Gasteiger partial charge >= 0.3 is 0 Å². The number of carbonyl (C=O) groups is 2. The molecule has 3 aromatic rings. The number of fused-ring (bicyclic) bond motifs is 1. The quantitative estimate of drug-likeness (QED) is 0.304. The topological polar surface area (TPSA) is 67.9 Å². The van der Waals surface area contributed by atoms with E-state index in [1.165, 1.54) is 5.56 Å². The van der Waals surface area contributed by atoms with Crippen LogP contribution in [-0.2, 0) is 16.0 Å². The molecule has 8 heteroatoms. The summed E-state index contributed by atoms with van der Waals surface area (Å²) in [5, 5.41) is 3.87. The maximum absolute atomic E-state index is 12.9. The normalized spacial score (nSPS) is 14.7. The van der Waals surface area contributed by atoms with Crippen molar-refractivity contribution in [3.8, 4) is 11.5 Å². The lowest BCUT2D eigenvalue weighted by molar-refractivity contribution is -0.125. The predicted octanol–water partition coefficient (Wildman–Crippen LogP) is 6.54. The Balaban J connectivity index is 1.32. The van der Waals surface area contributed by atoms with Crippen molar-refractivity contribution in [2.24, 2.45) is 0 Å². The Bertz CT molecular complexity index is 1220. The molecular formula is C28H28Cl2N2O4. The number of amides is 2. The van der Waals surface area contributed by atoms with Crippen LogP contribution in [0.15, 0.2) is 66.7 Å². The van der Waals surface area contributed by atoms with Crippen molar-refractivity contribution in [3.63, 3.8) is 0 Å². The predicted molar refractivity (Wildman–Crippen MR) is 143 cm³/mol. The molecule has 2 amide bonds. The van der Waals surface area contributed by atoms with Gasteiger partial charge in [0.05, 0.1) is 17.3 Å². The van der Waals surface area contributed by atoms with Crippen molar-refractivity contribution in [2.75, 3.05) is 23.4 Å². The number of hydrogen-bond donors (Lipinski definition) is 1. The summed E-state index contributed by atoms with van der Waals surface area (Å²) in [6.07, 6.45) is 1.92. The van der Waals surface area contributed by atoms with E-state index in [0.717, 1.165) is 12.8 Å². The lowest BCUT2D eigenvalue weighted by Gasteiger charge is -2.33. The molecule has 4 rings (SSSR count). The van der Waals surface area contributed by atoms with Crippen LogP contribution in [0.25, 0.3) is 0 Å². The van der Waals surface area contributed by atoms with Gasteiger partial charge in [0.15, 0.2) is 6.10 Å². The summed E-state index contributed by atoms with van der Waals surface area (Å²) in [5.74, 6) is 0.931. The highest BCUT2D eigenvalue weighted by molar-refractivity contribution is 6.35. The molecule has 188 valence electrons. The number of carbonyl (C=O) groups excluding carboxylic acids is 2. The van der Waals surface area contributed by atoms with Crippen molar-refractivity contribution in [1.82, 2.24) is 0 Å². The van der Waals surface area contributed by atoms with Crippen molar-refractivity contribution >= 4 is 46.4 Å². The fourth-order valence-electron chi connectivity index (χ4n) is 4.03. The van der Waals surface area contributed by atoms with Gasteiger partial charge < -0.3 is 19.7 Å². The summed E-state index contributed by atoms with van der Waals surface area (Å²) in [7, 11) is 0. The molecule has 0 saturated heterocycles. The van der Waals surface area contributed by atoms with Crippen LogP contribution in [0.1, 0.15) is 31.7 Å². The number of ether oxygens (including phenoxy) is 2. The molecule has 0 saturated carbocycles. The Morgan fingerprint density at radius 2 is 1.86 bits per heavy atom. The number of aryl methyl sites for hydroxylation is 1. The van der Waals surface area contributed by atoms with E-state index in [-0.39, 0.29) is 18.2 Å². The zero-order valence-electron chi connectivity index (χ0n) is 20.0. The maximum atomic E-state index is 12.9. The molecule has 0 radical (unpaired) electrons. The van der Waals surface area contributed by atoms with Gasteiger partial charge in [0.2, 0.25) is 5.91 Å². The molecule has 1 aliphatic rings. The van der Waals surface area contributed by atoms with Crippen LogP contribution < -0.4 is 19.7 Å². The first-order valence-electron chi connectivity index (χ1n) is 11.9. The van der Waals surface area contributed by atoms with Crippen LogP contribution in [0, 0.1) is 0 Å². The number of nitrogens with one attached hydrogen (secondary N) is 1. The second-order valence-electron chi connectivity index (χ2n) is 8.60. The van der Waals surface area contributed by atoms with Gasteiger partial charge in [-0.05, 0) is 68.1 Å². The Kier molecular flexibility index (Phi) is 8.73. The first-order valence-corrected chi connectivity index (χ1v) is 12.7. The van der Waals surface area contributed by atoms with Gasteiger partial charge in [-0.1, -0.05) is 53.5 Å². The summed E-state index contributed by atoms with van der Waals surface area (Å²) < 4.78 is 11.4. The zero-order chi connectivity index (χ0) is 25.5. The molecule has 1 unspecified atom stereocenters. The Morgan fingerprint density at radius 3 is 2.64 bits per heavy atom. The van der Waals surface area contributed by atoms with Gasteiger partial charge in [-0.2, -0.15) is 0 Å². The average Bonchev–Trinajstić information content (AvgIpc) is 2.86. The molecule has 0 aromatic heterocycles. The number of halogens is 2. The average molecular weight is 527 g/mol. The standard InChI is InChI=1S/C28H28Cl2N2O4/c1-19-28(34)32(15-5-9-20-7-3-2-4-8-20)24-18-22(12-14-26(24)36-19)31-27(33)10-6-16-35-25-13-11-21(29)17-23(25)30/h2-4,7-8,11-14,17-19H,5-6,9-10,15-16H2,1H3,(H,31,33). The minimum Gasteiger partial charge on any atom is -0.492 e. The third-order valence-corrected chi connectivity index (χ3v) is 6.37. The molecular weight excluding hydrogens is 499 g/mol. The smallest absolute Gasteiger partial charge is 0.267 e. The molecule has 0 fully saturated rings. The number of hydrogen-bond acceptors (Lipinski definition) is 4. The van der Waals surface area contributed by atoms with Crippen LogP contribution in [0.2, 0.25) is 10.0 Å². The Labute approximate surface area is 221 Å². The first kappa shape index (κ1) is 25.9. The van der Waals surface area contributed by atoms with E-state index in [9.17, 15) is 9.59 Å². The minimum absolute atomic E-state index is 0.0861. The monoisotopic (exact) mass is 526 g/mol. The van der Waals surface area contributed by atoms with Crippen LogP contribution in [0.5, 0.6) is 11.5 Å². The molecule has 3 aromatic carbocycles. The second-order valence-corrected chi connectivity index (χ2v) is 9.44. The summed E-state index contributed by atoms with van der Waals surface area (Å²) >= 11 is 12.0. The largest absolute Gasteiger partial charge is 0.492 e. The van der Waals surface area contributed by atoms with Gasteiger partial charge in [0, 0.05) is 23.7 Å². The third-order valence-electron chi connectivity index (χ3n) is 5.84. The molecule has 1 heterocycles. The molecule has 0 bridgehead atoms. The SMILES string of the molecule is CC1Oc2ccc(NC(=O)CCCOc3ccc(Cl)cc3Cl)cc2N(CCCc2ccccc2)C1=O. The molecule has 0 aliphatic carbocycles. The van der Waals surface area contributed by atoms with Crippen LogP contribution >= 0.6 is 23.2 Å². The highest BCUT2D eigenvalue weighted by atomic mass is 35.5. The van der Waals surface area contributed by atoms with Gasteiger partial charge in [-0.3, -0.25) is 9.59 Å². The number of rotatable bonds is 10. The molecule has 36 heavy (non-hydrogen) atoms. The molecule has 1 aliphatic heterocycles. The van der Waals surface area contributed by atoms with Gasteiger partial charge in [-0.25, -0.2) is 0 Å². The molecule has 6 nitrogen and oxygen atoms in total. The number of benzene rings is 3. The van der Waals surface area contributed by atoms with Crippen LogP contribution in [-0.4, -0.2) is 31.1 Å². The number of nitrogens with zero attached hydrogens (tertiary/aromatic N) is 1. The summed E-state index contributed by atoms with van der Waals surface area (Å²) in [5.41, 5.74) is 2.51. The van der Waals surface area contributed by atoms with E-state index >= 15 is 0 Å². The van der Waals surface area contributed by atoms with E-state index in [2.05, 4.69) is 17.4 Å². The maximum Gasteiger partial charge on any atom is 0.267 e. The van der Waals surface area contributed by atoms with Crippen molar-refractivity contribution in [3.05, 3.63) is 82.3 Å². The van der Waals surface area contributed by atoms with E-state index in [1.54, 1.807) is 48.2 Å². The zero-order valence-corrected chi connectivity index (χ0v) is 21.5. The molecule has 1 atom stereocenters. The minimum atomic E-state index is -0.552. The summed E-state index contributed by atoms with van der Waals surface area (Å²) in [6, 6.07) is 20.6. The Hall–Kier alpha value is -3.22.